The molecular formula is C8H7NO4. The zero-order chi connectivity index (χ0) is 9.84. The first kappa shape index (κ1) is 9.18. The number of esters is 1. The zero-order valence-corrected chi connectivity index (χ0v) is 6.85. The number of aromatic hydroxyl groups is 1. The summed E-state index contributed by atoms with van der Waals surface area (Å²) in [5, 5.41) is 11.8. The molecule has 1 aromatic carbocycles. The molecule has 5 heteroatoms. The third-order valence-electron chi connectivity index (χ3n) is 1.52. The van der Waals surface area contributed by atoms with E-state index < -0.39 is 11.7 Å². The minimum atomic E-state index is -0.706. The average Bonchev–Trinajstić information content (AvgIpc) is 2.17. The van der Waals surface area contributed by atoms with Gasteiger partial charge in [-0.3, -0.25) is 0 Å². The third kappa shape index (κ3) is 1.64. The minimum Gasteiger partial charge on any atom is -0.505 e. The molecule has 0 aromatic heterocycles. The molecule has 68 valence electrons. The number of phenols is 1. The maximum Gasteiger partial charge on any atom is 0.341 e. The predicted octanol–water partition coefficient (Wildman–Crippen LogP) is 1.58. The van der Waals surface area contributed by atoms with E-state index in [1.807, 2.05) is 0 Å². The molecule has 1 aromatic rings. The molecule has 0 aliphatic rings. The Hall–Kier alpha value is -1.91. The average molecular weight is 181 g/mol. The second-order valence-corrected chi connectivity index (χ2v) is 2.26. The number of ether oxygens (including phenoxy) is 1. The fraction of sp³-hybridized carbons (Fsp3) is 0.125. The van der Waals surface area contributed by atoms with Gasteiger partial charge in [0.25, 0.3) is 0 Å². The van der Waals surface area contributed by atoms with E-state index in [2.05, 4.69) is 9.91 Å². The quantitative estimate of drug-likeness (QED) is 0.555. The number of rotatable bonds is 2. The van der Waals surface area contributed by atoms with Gasteiger partial charge in [-0.1, -0.05) is 6.07 Å². The molecule has 1 rings (SSSR count). The van der Waals surface area contributed by atoms with Crippen LogP contribution in [0.1, 0.15) is 10.4 Å². The lowest BCUT2D eigenvalue weighted by Gasteiger charge is -2.02. The number of hydrogen-bond donors (Lipinski definition) is 1. The van der Waals surface area contributed by atoms with E-state index in [9.17, 15) is 14.8 Å². The Morgan fingerprint density at radius 1 is 1.54 bits per heavy atom. The third-order valence-corrected chi connectivity index (χ3v) is 1.52. The SMILES string of the molecule is COC(=O)c1cccc(N=O)c1O. The topological polar surface area (TPSA) is 76.0 Å². The molecule has 0 aliphatic heterocycles. The highest BCUT2D eigenvalue weighted by atomic mass is 16.5. The van der Waals surface area contributed by atoms with Crippen molar-refractivity contribution in [3.05, 3.63) is 28.7 Å². The van der Waals surface area contributed by atoms with Gasteiger partial charge in [-0.2, -0.15) is 0 Å². The van der Waals surface area contributed by atoms with E-state index in [0.717, 1.165) is 0 Å². The van der Waals surface area contributed by atoms with Crippen LogP contribution in [0.3, 0.4) is 0 Å². The molecule has 0 amide bonds. The number of benzene rings is 1. The first-order chi connectivity index (χ1) is 6.20. The summed E-state index contributed by atoms with van der Waals surface area (Å²) in [7, 11) is 1.18. The highest BCUT2D eigenvalue weighted by Gasteiger charge is 2.14. The number of methoxy groups -OCH3 is 1. The molecule has 0 aliphatic carbocycles. The van der Waals surface area contributed by atoms with Crippen molar-refractivity contribution in [1.29, 1.82) is 0 Å². The van der Waals surface area contributed by atoms with E-state index in [1.54, 1.807) is 0 Å². The number of nitrogens with zero attached hydrogens (tertiary/aromatic N) is 1. The lowest BCUT2D eigenvalue weighted by Crippen LogP contribution is -2.00. The van der Waals surface area contributed by atoms with Crippen molar-refractivity contribution in [3.8, 4) is 5.75 Å². The maximum absolute atomic E-state index is 11.0. The van der Waals surface area contributed by atoms with Gasteiger partial charge in [-0.05, 0) is 17.3 Å². The van der Waals surface area contributed by atoms with Crippen LogP contribution in [0.4, 0.5) is 5.69 Å². The molecule has 5 nitrogen and oxygen atoms in total. The van der Waals surface area contributed by atoms with E-state index in [0.29, 0.717) is 0 Å². The van der Waals surface area contributed by atoms with Crippen molar-refractivity contribution in [2.45, 2.75) is 0 Å². The van der Waals surface area contributed by atoms with Crippen molar-refractivity contribution >= 4 is 11.7 Å². The van der Waals surface area contributed by atoms with Crippen LogP contribution in [0.15, 0.2) is 23.4 Å². The molecule has 0 bridgehead atoms. The van der Waals surface area contributed by atoms with Gasteiger partial charge in [-0.25, -0.2) is 4.79 Å². The summed E-state index contributed by atoms with van der Waals surface area (Å²) in [5.41, 5.74) is -0.248. The lowest BCUT2D eigenvalue weighted by molar-refractivity contribution is 0.0597. The number of hydrogen-bond acceptors (Lipinski definition) is 5. The number of carbonyl (C=O) groups excluding carboxylic acids is 1. The first-order valence-electron chi connectivity index (χ1n) is 3.44. The van der Waals surface area contributed by atoms with Crippen molar-refractivity contribution in [3.63, 3.8) is 0 Å². The van der Waals surface area contributed by atoms with Crippen LogP contribution in [0.25, 0.3) is 0 Å². The lowest BCUT2D eigenvalue weighted by atomic mass is 10.2. The Balaban J connectivity index is 3.23. The Labute approximate surface area is 73.9 Å². The van der Waals surface area contributed by atoms with Gasteiger partial charge in [0.1, 0.15) is 5.56 Å². The molecule has 0 fully saturated rings. The molecule has 1 N–H and O–H groups in total. The first-order valence-corrected chi connectivity index (χ1v) is 3.44. The van der Waals surface area contributed by atoms with Crippen molar-refractivity contribution < 1.29 is 14.6 Å². The summed E-state index contributed by atoms with van der Waals surface area (Å²) in [5.74, 6) is -1.16. The second-order valence-electron chi connectivity index (χ2n) is 2.26. The summed E-state index contributed by atoms with van der Waals surface area (Å²) in [6.45, 7) is 0. The maximum atomic E-state index is 11.0. The summed E-state index contributed by atoms with van der Waals surface area (Å²) in [4.78, 5) is 21.1. The highest BCUT2D eigenvalue weighted by Crippen LogP contribution is 2.29. The largest absolute Gasteiger partial charge is 0.505 e. The van der Waals surface area contributed by atoms with E-state index in [-0.39, 0.29) is 11.3 Å². The van der Waals surface area contributed by atoms with Gasteiger partial charge in [0.15, 0.2) is 11.4 Å². The highest BCUT2D eigenvalue weighted by molar-refractivity contribution is 5.94. The van der Waals surface area contributed by atoms with Gasteiger partial charge >= 0.3 is 5.97 Å². The Bertz CT molecular complexity index is 348. The standard InChI is InChI=1S/C8H7NO4/c1-13-8(11)5-3-2-4-6(9-12)7(5)10/h2-4,10H,1H3. The van der Waals surface area contributed by atoms with Crippen LogP contribution in [0.2, 0.25) is 0 Å². The van der Waals surface area contributed by atoms with Gasteiger partial charge in [0.05, 0.1) is 7.11 Å². The Kier molecular flexibility index (Phi) is 2.59. The molecule has 0 heterocycles. The van der Waals surface area contributed by atoms with Crippen LogP contribution < -0.4 is 0 Å². The second kappa shape index (κ2) is 3.66. The van der Waals surface area contributed by atoms with Crippen molar-refractivity contribution in [2.75, 3.05) is 7.11 Å². The summed E-state index contributed by atoms with van der Waals surface area (Å²) >= 11 is 0. The van der Waals surface area contributed by atoms with Crippen molar-refractivity contribution in [1.82, 2.24) is 0 Å². The normalized spacial score (nSPS) is 9.31. The molecule has 0 saturated heterocycles. The monoisotopic (exact) mass is 181 g/mol. The van der Waals surface area contributed by atoms with Gasteiger partial charge in [0, 0.05) is 0 Å². The fourth-order valence-electron chi connectivity index (χ4n) is 0.880. The predicted molar refractivity (Wildman–Crippen MR) is 44.9 cm³/mol. The van der Waals surface area contributed by atoms with E-state index in [1.165, 1.54) is 25.3 Å². The smallest absolute Gasteiger partial charge is 0.341 e. The molecule has 0 saturated carbocycles. The molecule has 0 spiro atoms. The van der Waals surface area contributed by atoms with Gasteiger partial charge in [-0.15, -0.1) is 4.91 Å². The summed E-state index contributed by atoms with van der Waals surface area (Å²) in [6, 6.07) is 4.08. The van der Waals surface area contributed by atoms with Gasteiger partial charge < -0.3 is 9.84 Å². The van der Waals surface area contributed by atoms with E-state index >= 15 is 0 Å². The fourth-order valence-corrected chi connectivity index (χ4v) is 0.880. The number of phenolic OH excluding ortho intramolecular Hbond substituents is 1. The summed E-state index contributed by atoms with van der Waals surface area (Å²) < 4.78 is 4.37. The number of nitroso groups, excluding NO2 is 1. The van der Waals surface area contributed by atoms with E-state index in [4.69, 9.17) is 0 Å². The molecule has 0 unspecified atom stereocenters. The number of carbonyl (C=O) groups is 1. The zero-order valence-electron chi connectivity index (χ0n) is 6.85. The van der Waals surface area contributed by atoms with Crippen molar-refractivity contribution in [2.24, 2.45) is 5.18 Å². The van der Waals surface area contributed by atoms with Crippen LogP contribution in [-0.2, 0) is 4.74 Å². The minimum absolute atomic E-state index is 0.0698. The Morgan fingerprint density at radius 3 is 2.77 bits per heavy atom. The number of para-hydroxylation sites is 1. The molecule has 0 atom stereocenters. The van der Waals surface area contributed by atoms with Crippen LogP contribution in [-0.4, -0.2) is 18.2 Å². The molecular weight excluding hydrogens is 174 g/mol. The molecule has 13 heavy (non-hydrogen) atoms. The Morgan fingerprint density at radius 2 is 2.23 bits per heavy atom. The van der Waals surface area contributed by atoms with Crippen LogP contribution in [0.5, 0.6) is 5.75 Å². The van der Waals surface area contributed by atoms with Crippen LogP contribution in [0, 0.1) is 4.91 Å². The van der Waals surface area contributed by atoms with Gasteiger partial charge in [0.2, 0.25) is 0 Å². The molecule has 0 radical (unpaired) electrons. The van der Waals surface area contributed by atoms with Crippen LogP contribution >= 0.6 is 0 Å². The summed E-state index contributed by atoms with van der Waals surface area (Å²) in [6.07, 6.45) is 0.